The van der Waals surface area contributed by atoms with Crippen LogP contribution in [0.25, 0.3) is 0 Å². The molecule has 0 aliphatic heterocycles. The summed E-state index contributed by atoms with van der Waals surface area (Å²) in [6, 6.07) is 0. The van der Waals surface area contributed by atoms with Crippen molar-refractivity contribution in [3.63, 3.8) is 0 Å². The predicted octanol–water partition coefficient (Wildman–Crippen LogP) is 1.62. The topological polar surface area (TPSA) is 46.2 Å². The SMILES string of the molecule is CCC(C)C(O)C(CN)C(C)C. The standard InChI is InChI=1S/C10H23NO/c1-5-8(4)10(12)9(6-11)7(2)3/h7-10,12H,5-6,11H2,1-4H3. The van der Waals surface area contributed by atoms with Gasteiger partial charge in [0.25, 0.3) is 0 Å². The van der Waals surface area contributed by atoms with E-state index in [4.69, 9.17) is 5.73 Å². The zero-order chi connectivity index (χ0) is 9.72. The summed E-state index contributed by atoms with van der Waals surface area (Å²) < 4.78 is 0. The second-order valence-corrected chi connectivity index (χ2v) is 4.02. The summed E-state index contributed by atoms with van der Waals surface area (Å²) in [5.74, 6) is 1.08. The maximum atomic E-state index is 9.87. The maximum absolute atomic E-state index is 9.87. The van der Waals surface area contributed by atoms with Crippen molar-refractivity contribution in [2.45, 2.75) is 40.2 Å². The molecule has 0 bridgehead atoms. The van der Waals surface area contributed by atoms with Gasteiger partial charge >= 0.3 is 0 Å². The third kappa shape index (κ3) is 3.11. The number of aliphatic hydroxyl groups excluding tert-OH is 1. The maximum Gasteiger partial charge on any atom is 0.0608 e. The second-order valence-electron chi connectivity index (χ2n) is 4.02. The molecule has 0 aliphatic rings. The molecule has 12 heavy (non-hydrogen) atoms. The molecule has 0 amide bonds. The average molecular weight is 173 g/mol. The van der Waals surface area contributed by atoms with E-state index in [1.54, 1.807) is 0 Å². The van der Waals surface area contributed by atoms with Crippen LogP contribution in [0.2, 0.25) is 0 Å². The molecule has 2 nitrogen and oxygen atoms in total. The molecule has 0 rings (SSSR count). The number of nitrogens with two attached hydrogens (primary N) is 1. The number of hydrogen-bond donors (Lipinski definition) is 2. The van der Waals surface area contributed by atoms with Gasteiger partial charge in [-0.2, -0.15) is 0 Å². The van der Waals surface area contributed by atoms with Gasteiger partial charge in [-0.05, 0) is 24.3 Å². The first kappa shape index (κ1) is 11.9. The lowest BCUT2D eigenvalue weighted by Crippen LogP contribution is -2.36. The predicted molar refractivity (Wildman–Crippen MR) is 52.8 cm³/mol. The molecular formula is C10H23NO. The van der Waals surface area contributed by atoms with Crippen LogP contribution in [0.5, 0.6) is 0 Å². The van der Waals surface area contributed by atoms with Crippen LogP contribution in [0.15, 0.2) is 0 Å². The highest BCUT2D eigenvalue weighted by Gasteiger charge is 2.24. The van der Waals surface area contributed by atoms with Crippen molar-refractivity contribution < 1.29 is 5.11 Å². The van der Waals surface area contributed by atoms with Gasteiger partial charge in [-0.25, -0.2) is 0 Å². The Hall–Kier alpha value is -0.0800. The van der Waals surface area contributed by atoms with E-state index in [0.717, 1.165) is 6.42 Å². The molecule has 3 N–H and O–H groups in total. The van der Waals surface area contributed by atoms with Crippen LogP contribution < -0.4 is 5.73 Å². The quantitative estimate of drug-likeness (QED) is 0.663. The number of rotatable bonds is 5. The van der Waals surface area contributed by atoms with Gasteiger partial charge in [0.1, 0.15) is 0 Å². The lowest BCUT2D eigenvalue weighted by atomic mass is 9.83. The Bertz CT molecular complexity index is 114. The summed E-state index contributed by atoms with van der Waals surface area (Å²) >= 11 is 0. The van der Waals surface area contributed by atoms with Gasteiger partial charge in [0.05, 0.1) is 6.10 Å². The van der Waals surface area contributed by atoms with Crippen molar-refractivity contribution >= 4 is 0 Å². The molecule has 0 saturated carbocycles. The molecule has 74 valence electrons. The Labute approximate surface area is 76.2 Å². The van der Waals surface area contributed by atoms with Crippen LogP contribution in [-0.4, -0.2) is 17.8 Å². The lowest BCUT2D eigenvalue weighted by molar-refractivity contribution is 0.0389. The Morgan fingerprint density at radius 1 is 1.25 bits per heavy atom. The average Bonchev–Trinajstić information content (AvgIpc) is 2.03. The van der Waals surface area contributed by atoms with E-state index < -0.39 is 0 Å². The zero-order valence-corrected chi connectivity index (χ0v) is 8.75. The molecule has 3 atom stereocenters. The van der Waals surface area contributed by atoms with Crippen molar-refractivity contribution in [1.82, 2.24) is 0 Å². The van der Waals surface area contributed by atoms with E-state index in [1.807, 2.05) is 0 Å². The summed E-state index contributed by atoms with van der Waals surface area (Å²) in [5.41, 5.74) is 5.61. The summed E-state index contributed by atoms with van der Waals surface area (Å²) in [4.78, 5) is 0. The molecule has 0 aromatic carbocycles. The lowest BCUT2D eigenvalue weighted by Gasteiger charge is -2.28. The molecule has 0 aliphatic carbocycles. The van der Waals surface area contributed by atoms with Gasteiger partial charge in [0.2, 0.25) is 0 Å². The van der Waals surface area contributed by atoms with Crippen LogP contribution in [0.3, 0.4) is 0 Å². The van der Waals surface area contributed by atoms with E-state index in [2.05, 4.69) is 27.7 Å². The van der Waals surface area contributed by atoms with Gasteiger partial charge in [-0.1, -0.05) is 34.1 Å². The van der Waals surface area contributed by atoms with Gasteiger partial charge in [-0.15, -0.1) is 0 Å². The highest BCUT2D eigenvalue weighted by molar-refractivity contribution is 4.76. The van der Waals surface area contributed by atoms with Crippen LogP contribution in [0.1, 0.15) is 34.1 Å². The Morgan fingerprint density at radius 3 is 2.00 bits per heavy atom. The summed E-state index contributed by atoms with van der Waals surface area (Å²) in [7, 11) is 0. The number of aliphatic hydroxyl groups is 1. The Balaban J connectivity index is 4.10. The molecular weight excluding hydrogens is 150 g/mol. The Kier molecular flexibility index (Phi) is 5.51. The Morgan fingerprint density at radius 2 is 1.75 bits per heavy atom. The van der Waals surface area contributed by atoms with E-state index in [9.17, 15) is 5.11 Å². The summed E-state index contributed by atoms with van der Waals surface area (Å²) in [6.07, 6.45) is 0.782. The molecule has 2 heteroatoms. The molecule has 0 fully saturated rings. The first-order valence-corrected chi connectivity index (χ1v) is 4.92. The zero-order valence-electron chi connectivity index (χ0n) is 8.75. The van der Waals surface area contributed by atoms with Crippen molar-refractivity contribution in [3.8, 4) is 0 Å². The van der Waals surface area contributed by atoms with Crippen LogP contribution in [0, 0.1) is 17.8 Å². The third-order valence-corrected chi connectivity index (χ3v) is 2.79. The van der Waals surface area contributed by atoms with Crippen molar-refractivity contribution in [3.05, 3.63) is 0 Å². The first-order valence-electron chi connectivity index (χ1n) is 4.92. The minimum atomic E-state index is -0.236. The molecule has 0 aromatic rings. The van der Waals surface area contributed by atoms with Gasteiger partial charge < -0.3 is 10.8 Å². The molecule has 0 saturated heterocycles. The smallest absolute Gasteiger partial charge is 0.0608 e. The van der Waals surface area contributed by atoms with Gasteiger partial charge in [0, 0.05) is 0 Å². The molecule has 3 unspecified atom stereocenters. The van der Waals surface area contributed by atoms with Gasteiger partial charge in [0.15, 0.2) is 0 Å². The third-order valence-electron chi connectivity index (χ3n) is 2.79. The normalized spacial score (nSPS) is 19.2. The summed E-state index contributed by atoms with van der Waals surface area (Å²) in [5, 5.41) is 9.87. The largest absolute Gasteiger partial charge is 0.393 e. The molecule has 0 heterocycles. The van der Waals surface area contributed by atoms with Crippen LogP contribution in [-0.2, 0) is 0 Å². The minimum Gasteiger partial charge on any atom is -0.393 e. The van der Waals surface area contributed by atoms with Crippen LogP contribution >= 0.6 is 0 Å². The number of hydrogen-bond acceptors (Lipinski definition) is 2. The highest BCUT2D eigenvalue weighted by Crippen LogP contribution is 2.21. The fourth-order valence-electron chi connectivity index (χ4n) is 1.47. The molecule has 0 radical (unpaired) electrons. The first-order chi connectivity index (χ1) is 5.54. The monoisotopic (exact) mass is 173 g/mol. The van der Waals surface area contributed by atoms with E-state index in [-0.39, 0.29) is 12.0 Å². The van der Waals surface area contributed by atoms with E-state index in [0.29, 0.717) is 18.4 Å². The van der Waals surface area contributed by atoms with Gasteiger partial charge in [-0.3, -0.25) is 0 Å². The fraction of sp³-hybridized carbons (Fsp3) is 1.00. The molecule has 0 aromatic heterocycles. The van der Waals surface area contributed by atoms with E-state index >= 15 is 0 Å². The highest BCUT2D eigenvalue weighted by atomic mass is 16.3. The minimum absolute atomic E-state index is 0.236. The fourth-order valence-corrected chi connectivity index (χ4v) is 1.47. The molecule has 0 spiro atoms. The van der Waals surface area contributed by atoms with Crippen molar-refractivity contribution in [2.24, 2.45) is 23.5 Å². The van der Waals surface area contributed by atoms with Crippen molar-refractivity contribution in [2.75, 3.05) is 6.54 Å². The van der Waals surface area contributed by atoms with E-state index in [1.165, 1.54) is 0 Å². The van der Waals surface area contributed by atoms with Crippen LogP contribution in [0.4, 0.5) is 0 Å². The summed E-state index contributed by atoms with van der Waals surface area (Å²) in [6.45, 7) is 8.99. The van der Waals surface area contributed by atoms with Crippen molar-refractivity contribution in [1.29, 1.82) is 0 Å². The second kappa shape index (κ2) is 5.55.